The number of amides is 1. The molecule has 1 aliphatic heterocycles. The Hall–Kier alpha value is -1.72. The molecule has 1 saturated heterocycles. The number of carbonyl (C=O) groups excluding carboxylic acids is 1. The van der Waals surface area contributed by atoms with Gasteiger partial charge >= 0.3 is 0 Å². The molecule has 1 fully saturated rings. The van der Waals surface area contributed by atoms with Gasteiger partial charge in [-0.05, 0) is 37.2 Å². The van der Waals surface area contributed by atoms with Crippen LogP contribution in [-0.2, 0) is 0 Å². The van der Waals surface area contributed by atoms with Crippen molar-refractivity contribution in [1.82, 2.24) is 9.88 Å². The summed E-state index contributed by atoms with van der Waals surface area (Å²) in [6, 6.07) is 8.67. The Balaban J connectivity index is 1.68. The third-order valence-corrected chi connectivity index (χ3v) is 6.01. The van der Waals surface area contributed by atoms with Crippen LogP contribution >= 0.6 is 11.3 Å². The third kappa shape index (κ3) is 4.10. The van der Waals surface area contributed by atoms with Crippen LogP contribution in [0, 0.1) is 5.92 Å². The van der Waals surface area contributed by atoms with Crippen molar-refractivity contribution in [3.8, 4) is 10.6 Å². The second-order valence-electron chi connectivity index (χ2n) is 7.30. The van der Waals surface area contributed by atoms with Crippen LogP contribution in [0.3, 0.4) is 0 Å². The Morgan fingerprint density at radius 3 is 2.40 bits per heavy atom. The number of carbonyl (C=O) groups is 1. The number of hydrogen-bond donors (Lipinski definition) is 1. The van der Waals surface area contributed by atoms with E-state index in [2.05, 4.69) is 50.0 Å². The van der Waals surface area contributed by atoms with Crippen molar-refractivity contribution in [2.45, 2.75) is 45.6 Å². The molecule has 2 N–H and O–H groups in total. The minimum atomic E-state index is 0.0458. The first-order chi connectivity index (χ1) is 12.0. The van der Waals surface area contributed by atoms with Crippen molar-refractivity contribution in [3.63, 3.8) is 0 Å². The van der Waals surface area contributed by atoms with Crippen molar-refractivity contribution < 1.29 is 4.79 Å². The minimum Gasteiger partial charge on any atom is -0.337 e. The van der Waals surface area contributed by atoms with Gasteiger partial charge in [-0.15, -0.1) is 11.3 Å². The van der Waals surface area contributed by atoms with Crippen LogP contribution in [0.4, 0.5) is 0 Å². The summed E-state index contributed by atoms with van der Waals surface area (Å²) in [4.78, 5) is 19.2. The van der Waals surface area contributed by atoms with E-state index in [4.69, 9.17) is 5.73 Å². The molecule has 25 heavy (non-hydrogen) atoms. The van der Waals surface area contributed by atoms with Gasteiger partial charge in [0.05, 0.1) is 0 Å². The predicted octanol–water partition coefficient (Wildman–Crippen LogP) is 4.13. The van der Waals surface area contributed by atoms with Gasteiger partial charge in [-0.1, -0.05) is 38.1 Å². The van der Waals surface area contributed by atoms with E-state index in [1.165, 1.54) is 16.9 Å². The van der Waals surface area contributed by atoms with Gasteiger partial charge in [-0.25, -0.2) is 4.98 Å². The largest absolute Gasteiger partial charge is 0.337 e. The zero-order valence-corrected chi connectivity index (χ0v) is 16.1. The maximum absolute atomic E-state index is 12.7. The van der Waals surface area contributed by atoms with E-state index >= 15 is 0 Å². The van der Waals surface area contributed by atoms with E-state index in [1.54, 1.807) is 0 Å². The Morgan fingerprint density at radius 1 is 1.20 bits per heavy atom. The molecule has 1 amide bonds. The van der Waals surface area contributed by atoms with Crippen LogP contribution in [0.15, 0.2) is 29.6 Å². The fraction of sp³-hybridized carbons (Fsp3) is 0.500. The monoisotopic (exact) mass is 357 g/mol. The number of aromatic nitrogens is 1. The SMILES string of the molecule is CC(C)c1ccc(-c2nc(C(=O)N3CCC(C(C)N)CC3)cs2)cc1. The third-order valence-electron chi connectivity index (χ3n) is 5.12. The number of nitrogens with zero attached hydrogens (tertiary/aromatic N) is 2. The molecule has 3 rings (SSSR count). The molecule has 1 unspecified atom stereocenters. The maximum atomic E-state index is 12.7. The highest BCUT2D eigenvalue weighted by Gasteiger charge is 2.26. The predicted molar refractivity (Wildman–Crippen MR) is 104 cm³/mol. The summed E-state index contributed by atoms with van der Waals surface area (Å²) < 4.78 is 0. The fourth-order valence-electron chi connectivity index (χ4n) is 3.31. The van der Waals surface area contributed by atoms with Crippen LogP contribution in [0.1, 0.15) is 55.6 Å². The zero-order chi connectivity index (χ0) is 18.0. The van der Waals surface area contributed by atoms with Gasteiger partial charge in [-0.2, -0.15) is 0 Å². The van der Waals surface area contributed by atoms with Gasteiger partial charge in [-0.3, -0.25) is 4.79 Å². The van der Waals surface area contributed by atoms with Crippen molar-refractivity contribution in [1.29, 1.82) is 0 Å². The molecule has 5 heteroatoms. The van der Waals surface area contributed by atoms with Crippen LogP contribution in [0.2, 0.25) is 0 Å². The second kappa shape index (κ2) is 7.67. The molecular weight excluding hydrogens is 330 g/mol. The number of hydrogen-bond acceptors (Lipinski definition) is 4. The Labute approximate surface area is 154 Å². The summed E-state index contributed by atoms with van der Waals surface area (Å²) in [6.07, 6.45) is 1.97. The molecule has 1 aliphatic rings. The highest BCUT2D eigenvalue weighted by molar-refractivity contribution is 7.13. The van der Waals surface area contributed by atoms with Gasteiger partial charge in [0.15, 0.2) is 0 Å². The molecule has 2 heterocycles. The molecule has 0 spiro atoms. The van der Waals surface area contributed by atoms with Crippen LogP contribution in [0.25, 0.3) is 10.6 Å². The summed E-state index contributed by atoms with van der Waals surface area (Å²) in [5.41, 5.74) is 8.93. The lowest BCUT2D eigenvalue weighted by Crippen LogP contribution is -2.42. The first kappa shape index (κ1) is 18.1. The lowest BCUT2D eigenvalue weighted by molar-refractivity contribution is 0.0676. The standard InChI is InChI=1S/C20H27N3OS/c1-13(2)15-4-6-17(7-5-15)19-22-18(12-25-19)20(24)23-10-8-16(9-11-23)14(3)21/h4-7,12-14,16H,8-11,21H2,1-3H3. The van der Waals surface area contributed by atoms with E-state index in [1.807, 2.05) is 10.3 Å². The molecule has 1 aromatic heterocycles. The van der Waals surface area contributed by atoms with Gasteiger partial charge in [0.1, 0.15) is 10.7 Å². The van der Waals surface area contributed by atoms with E-state index in [-0.39, 0.29) is 11.9 Å². The highest BCUT2D eigenvalue weighted by atomic mass is 32.1. The summed E-state index contributed by atoms with van der Waals surface area (Å²) in [5.74, 6) is 1.08. The quantitative estimate of drug-likeness (QED) is 0.895. The van der Waals surface area contributed by atoms with Gasteiger partial charge in [0.2, 0.25) is 0 Å². The number of nitrogens with two attached hydrogens (primary N) is 1. The summed E-state index contributed by atoms with van der Waals surface area (Å²) in [7, 11) is 0. The molecule has 4 nitrogen and oxygen atoms in total. The lowest BCUT2D eigenvalue weighted by Gasteiger charge is -2.33. The summed E-state index contributed by atoms with van der Waals surface area (Å²) in [5, 5.41) is 2.79. The lowest BCUT2D eigenvalue weighted by atomic mass is 9.91. The van der Waals surface area contributed by atoms with Gasteiger partial charge in [0.25, 0.3) is 5.91 Å². The number of rotatable bonds is 4. The number of likely N-dealkylation sites (tertiary alicyclic amines) is 1. The normalized spacial score (nSPS) is 17.1. The molecule has 0 bridgehead atoms. The van der Waals surface area contributed by atoms with Crippen molar-refractivity contribution in [2.75, 3.05) is 13.1 Å². The first-order valence-corrected chi connectivity index (χ1v) is 9.94. The average molecular weight is 358 g/mol. The van der Waals surface area contributed by atoms with E-state index < -0.39 is 0 Å². The van der Waals surface area contributed by atoms with Gasteiger partial charge < -0.3 is 10.6 Å². The molecule has 0 radical (unpaired) electrons. The first-order valence-electron chi connectivity index (χ1n) is 9.06. The number of benzene rings is 1. The molecule has 2 aromatic rings. The van der Waals surface area contributed by atoms with Crippen molar-refractivity contribution in [2.24, 2.45) is 11.7 Å². The topological polar surface area (TPSA) is 59.2 Å². The molecule has 0 aliphatic carbocycles. The molecule has 1 atom stereocenters. The van der Waals surface area contributed by atoms with Crippen molar-refractivity contribution in [3.05, 3.63) is 40.9 Å². The Kier molecular flexibility index (Phi) is 5.54. The van der Waals surface area contributed by atoms with E-state index in [9.17, 15) is 4.79 Å². The smallest absolute Gasteiger partial charge is 0.273 e. The highest BCUT2D eigenvalue weighted by Crippen LogP contribution is 2.27. The molecule has 1 aromatic carbocycles. The Bertz CT molecular complexity index is 713. The van der Waals surface area contributed by atoms with Crippen molar-refractivity contribution >= 4 is 17.2 Å². The second-order valence-corrected chi connectivity index (χ2v) is 8.16. The molecular formula is C20H27N3OS. The average Bonchev–Trinajstić information content (AvgIpc) is 3.11. The zero-order valence-electron chi connectivity index (χ0n) is 15.2. The molecule has 0 saturated carbocycles. The fourth-order valence-corrected chi connectivity index (χ4v) is 4.11. The van der Waals surface area contributed by atoms with E-state index in [0.29, 0.717) is 17.5 Å². The van der Waals surface area contributed by atoms with Crippen LogP contribution in [0.5, 0.6) is 0 Å². The Morgan fingerprint density at radius 2 is 1.84 bits per heavy atom. The maximum Gasteiger partial charge on any atom is 0.273 e. The van der Waals surface area contributed by atoms with E-state index in [0.717, 1.165) is 36.5 Å². The number of thiazole rings is 1. The van der Waals surface area contributed by atoms with Crippen LogP contribution in [-0.4, -0.2) is 34.9 Å². The molecule has 134 valence electrons. The minimum absolute atomic E-state index is 0.0458. The van der Waals surface area contributed by atoms with Gasteiger partial charge in [0, 0.05) is 30.1 Å². The van der Waals surface area contributed by atoms with Crippen LogP contribution < -0.4 is 5.73 Å². The summed E-state index contributed by atoms with van der Waals surface area (Å²) in [6.45, 7) is 7.98. The number of piperidine rings is 1. The summed E-state index contributed by atoms with van der Waals surface area (Å²) >= 11 is 1.54.